The highest BCUT2D eigenvalue weighted by molar-refractivity contribution is 5.89. The third-order valence-corrected chi connectivity index (χ3v) is 3.18. The third-order valence-electron chi connectivity index (χ3n) is 3.18. The molecule has 0 unspecified atom stereocenters. The van der Waals surface area contributed by atoms with Gasteiger partial charge < -0.3 is 10.2 Å². The van der Waals surface area contributed by atoms with Crippen molar-refractivity contribution in [3.63, 3.8) is 0 Å². The minimum absolute atomic E-state index is 0.0412. The van der Waals surface area contributed by atoms with Crippen LogP contribution in [0.4, 0.5) is 0 Å². The van der Waals surface area contributed by atoms with Crippen LogP contribution in [0.5, 0.6) is 0 Å². The summed E-state index contributed by atoms with van der Waals surface area (Å²) in [4.78, 5) is 24.1. The maximum Gasteiger partial charge on any atom is 0.220 e. The van der Waals surface area contributed by atoms with Gasteiger partial charge in [0.2, 0.25) is 11.9 Å². The smallest absolute Gasteiger partial charge is 0.220 e. The van der Waals surface area contributed by atoms with Gasteiger partial charge in [-0.15, -0.1) is 0 Å². The highest BCUT2D eigenvalue weighted by Gasteiger charge is 2.19. The summed E-state index contributed by atoms with van der Waals surface area (Å²) < 4.78 is 0. The Labute approximate surface area is 108 Å². The van der Waals surface area contributed by atoms with E-state index in [0.717, 1.165) is 58.2 Å². The second kappa shape index (κ2) is 6.49. The number of guanidine groups is 1. The molecule has 0 aromatic heterocycles. The molecule has 18 heavy (non-hydrogen) atoms. The molecule has 1 fully saturated rings. The molecular formula is C12H21N5O. The van der Waals surface area contributed by atoms with E-state index in [-0.39, 0.29) is 5.91 Å². The Morgan fingerprint density at radius 1 is 1.39 bits per heavy atom. The van der Waals surface area contributed by atoms with Gasteiger partial charge in [0.1, 0.15) is 0 Å². The summed E-state index contributed by atoms with van der Waals surface area (Å²) in [5, 5.41) is 2.83. The maximum absolute atomic E-state index is 10.8. The first kappa shape index (κ1) is 13.0. The fraction of sp³-hybridized carbons (Fsp3) is 0.750. The van der Waals surface area contributed by atoms with Crippen LogP contribution in [0, 0.1) is 0 Å². The zero-order valence-electron chi connectivity index (χ0n) is 10.9. The maximum atomic E-state index is 10.8. The number of hydrogen-bond donors (Lipinski definition) is 1. The van der Waals surface area contributed by atoms with Gasteiger partial charge in [0, 0.05) is 65.4 Å². The molecule has 2 rings (SSSR count). The molecule has 0 radical (unpaired) electrons. The van der Waals surface area contributed by atoms with E-state index < -0.39 is 0 Å². The Kier molecular flexibility index (Phi) is 4.69. The fourth-order valence-electron chi connectivity index (χ4n) is 2.15. The Morgan fingerprint density at radius 2 is 2.17 bits per heavy atom. The average molecular weight is 251 g/mol. The minimum Gasteiger partial charge on any atom is -0.355 e. The van der Waals surface area contributed by atoms with Gasteiger partial charge in [-0.1, -0.05) is 0 Å². The summed E-state index contributed by atoms with van der Waals surface area (Å²) in [5.74, 6) is 0.933. The van der Waals surface area contributed by atoms with Gasteiger partial charge in [-0.05, 0) is 0 Å². The number of amides is 1. The average Bonchev–Trinajstić information content (AvgIpc) is 2.40. The van der Waals surface area contributed by atoms with Crippen LogP contribution in [0.1, 0.15) is 13.3 Å². The molecule has 0 aromatic rings. The van der Waals surface area contributed by atoms with Gasteiger partial charge in [0.15, 0.2) is 0 Å². The topological polar surface area (TPSA) is 60.3 Å². The fourth-order valence-corrected chi connectivity index (χ4v) is 2.15. The molecule has 2 heterocycles. The zero-order chi connectivity index (χ0) is 12.8. The van der Waals surface area contributed by atoms with Crippen molar-refractivity contribution < 1.29 is 4.79 Å². The van der Waals surface area contributed by atoms with Gasteiger partial charge in [0.25, 0.3) is 0 Å². The van der Waals surface area contributed by atoms with Crippen molar-refractivity contribution in [1.82, 2.24) is 15.1 Å². The molecule has 6 heteroatoms. The largest absolute Gasteiger partial charge is 0.355 e. The molecule has 0 saturated carbocycles. The Balaban J connectivity index is 1.69. The number of nitrogens with zero attached hydrogens (tertiary/aromatic N) is 4. The quantitative estimate of drug-likeness (QED) is 0.740. The van der Waals surface area contributed by atoms with Gasteiger partial charge in [-0.2, -0.15) is 0 Å². The molecule has 2 aliphatic rings. The molecular weight excluding hydrogens is 230 g/mol. The predicted molar refractivity (Wildman–Crippen MR) is 72.1 cm³/mol. The summed E-state index contributed by atoms with van der Waals surface area (Å²) in [5.41, 5.74) is 0. The molecule has 0 atom stereocenters. The highest BCUT2D eigenvalue weighted by atomic mass is 16.1. The van der Waals surface area contributed by atoms with Gasteiger partial charge in [-0.25, -0.2) is 4.99 Å². The lowest BCUT2D eigenvalue weighted by atomic mass is 10.3. The molecule has 0 spiro atoms. The lowest BCUT2D eigenvalue weighted by Gasteiger charge is -2.35. The summed E-state index contributed by atoms with van der Waals surface area (Å²) in [7, 11) is 0. The van der Waals surface area contributed by atoms with Crippen LogP contribution in [0.15, 0.2) is 9.98 Å². The number of hydrogen-bond acceptors (Lipinski definition) is 5. The second-order valence-corrected chi connectivity index (χ2v) is 4.59. The number of piperazine rings is 1. The molecule has 100 valence electrons. The van der Waals surface area contributed by atoms with Crippen molar-refractivity contribution in [3.05, 3.63) is 0 Å². The van der Waals surface area contributed by atoms with Gasteiger partial charge >= 0.3 is 0 Å². The van der Waals surface area contributed by atoms with Crippen LogP contribution >= 0.6 is 0 Å². The Hall–Kier alpha value is -1.43. The third kappa shape index (κ3) is 3.80. The number of carbonyl (C=O) groups excluding carboxylic acids is 1. The monoisotopic (exact) mass is 251 g/mol. The van der Waals surface area contributed by atoms with Crippen molar-refractivity contribution >= 4 is 18.1 Å². The van der Waals surface area contributed by atoms with E-state index in [1.54, 1.807) is 6.92 Å². The van der Waals surface area contributed by atoms with E-state index in [1.807, 2.05) is 6.21 Å². The van der Waals surface area contributed by atoms with E-state index in [4.69, 9.17) is 0 Å². The van der Waals surface area contributed by atoms with Crippen molar-refractivity contribution in [2.45, 2.75) is 13.3 Å². The van der Waals surface area contributed by atoms with Crippen LogP contribution in [-0.4, -0.2) is 73.7 Å². The summed E-state index contributed by atoms with van der Waals surface area (Å²) >= 11 is 0. The first-order chi connectivity index (χ1) is 8.75. The Bertz CT molecular complexity index is 344. The lowest BCUT2D eigenvalue weighted by molar-refractivity contribution is -0.119. The highest BCUT2D eigenvalue weighted by Crippen LogP contribution is 2.05. The lowest BCUT2D eigenvalue weighted by Crippen LogP contribution is -2.50. The van der Waals surface area contributed by atoms with Gasteiger partial charge in [0.05, 0.1) is 0 Å². The van der Waals surface area contributed by atoms with Crippen LogP contribution in [0.3, 0.4) is 0 Å². The Morgan fingerprint density at radius 3 is 2.78 bits per heavy atom. The first-order valence-corrected chi connectivity index (χ1v) is 6.54. The first-order valence-electron chi connectivity index (χ1n) is 6.54. The molecule has 6 nitrogen and oxygen atoms in total. The summed E-state index contributed by atoms with van der Waals surface area (Å²) in [6, 6.07) is 0. The van der Waals surface area contributed by atoms with E-state index in [1.165, 1.54) is 0 Å². The normalized spacial score (nSPS) is 20.7. The second-order valence-electron chi connectivity index (χ2n) is 4.59. The number of nitrogens with one attached hydrogen (secondary N) is 1. The number of rotatable bonds is 3. The van der Waals surface area contributed by atoms with Crippen molar-refractivity contribution in [1.29, 1.82) is 0 Å². The molecule has 1 amide bonds. The number of aliphatic imine (C=N–C) groups is 2. The number of carbonyl (C=O) groups is 1. The van der Waals surface area contributed by atoms with Crippen molar-refractivity contribution in [3.8, 4) is 0 Å². The summed E-state index contributed by atoms with van der Waals surface area (Å²) in [6.07, 6.45) is 2.91. The molecule has 0 bridgehead atoms. The molecule has 0 aromatic carbocycles. The molecule has 0 aliphatic carbocycles. The van der Waals surface area contributed by atoms with Gasteiger partial charge in [-0.3, -0.25) is 14.7 Å². The van der Waals surface area contributed by atoms with Crippen LogP contribution in [0.25, 0.3) is 0 Å². The van der Waals surface area contributed by atoms with Crippen molar-refractivity contribution in [2.24, 2.45) is 9.98 Å². The van der Waals surface area contributed by atoms with E-state index in [0.29, 0.717) is 0 Å². The van der Waals surface area contributed by atoms with Crippen LogP contribution in [-0.2, 0) is 4.79 Å². The summed E-state index contributed by atoms with van der Waals surface area (Å²) in [6.45, 7) is 8.02. The van der Waals surface area contributed by atoms with E-state index >= 15 is 0 Å². The van der Waals surface area contributed by atoms with E-state index in [2.05, 4.69) is 25.1 Å². The SMILES string of the molecule is CC(=O)NCCN1CCN(C2=NCCC=N2)CC1. The molecule has 1 saturated heterocycles. The van der Waals surface area contributed by atoms with Crippen LogP contribution in [0.2, 0.25) is 0 Å². The standard InChI is InChI=1S/C12H21N5O/c1-11(18)13-5-6-16-7-9-17(10-8-16)12-14-3-2-4-15-12/h3H,2,4-10H2,1H3,(H,13,18). The molecule has 2 aliphatic heterocycles. The predicted octanol–water partition coefficient (Wildman–Crippen LogP) is -0.429. The van der Waals surface area contributed by atoms with Crippen LogP contribution < -0.4 is 5.32 Å². The van der Waals surface area contributed by atoms with E-state index in [9.17, 15) is 4.79 Å². The minimum atomic E-state index is 0.0412. The van der Waals surface area contributed by atoms with Crippen molar-refractivity contribution in [2.75, 3.05) is 45.8 Å². The zero-order valence-corrected chi connectivity index (χ0v) is 10.9. The molecule has 1 N–H and O–H groups in total.